The van der Waals surface area contributed by atoms with Gasteiger partial charge >= 0.3 is 0 Å². The van der Waals surface area contributed by atoms with Crippen LogP contribution < -0.4 is 20.3 Å². The molecule has 0 spiro atoms. The van der Waals surface area contributed by atoms with Crippen LogP contribution in [0, 0.1) is 0 Å². The molecule has 2 N–H and O–H groups in total. The Bertz CT molecular complexity index is 738. The first-order valence-corrected chi connectivity index (χ1v) is 7.50. The lowest BCUT2D eigenvalue weighted by atomic mass is 10.1. The fourth-order valence-corrected chi connectivity index (χ4v) is 2.60. The summed E-state index contributed by atoms with van der Waals surface area (Å²) in [6.07, 6.45) is 0. The van der Waals surface area contributed by atoms with Crippen LogP contribution in [-0.4, -0.2) is 26.0 Å². The standard InChI is InChI=1S/C16H14Cl2N2O4/c1-23-11-7-4-8-12(24-2)14(11)16(22)20-19-15(21)13-9(17)5-3-6-10(13)18/h3-8H,1-2H3,(H,19,21)(H,20,22). The number of halogens is 2. The number of hydrazine groups is 1. The van der Waals surface area contributed by atoms with Gasteiger partial charge in [-0.05, 0) is 24.3 Å². The maximum absolute atomic E-state index is 12.4. The van der Waals surface area contributed by atoms with Gasteiger partial charge < -0.3 is 9.47 Å². The molecule has 2 aromatic carbocycles. The van der Waals surface area contributed by atoms with E-state index in [9.17, 15) is 9.59 Å². The monoisotopic (exact) mass is 368 g/mol. The minimum atomic E-state index is -0.646. The number of methoxy groups -OCH3 is 2. The third-order valence-corrected chi connectivity index (χ3v) is 3.76. The van der Waals surface area contributed by atoms with Crippen molar-refractivity contribution in [3.63, 3.8) is 0 Å². The molecule has 0 unspecified atom stereocenters. The Balaban J connectivity index is 2.18. The molecule has 0 saturated carbocycles. The lowest BCUT2D eigenvalue weighted by Gasteiger charge is -2.14. The second-order valence-electron chi connectivity index (χ2n) is 4.54. The van der Waals surface area contributed by atoms with Gasteiger partial charge in [0.25, 0.3) is 11.8 Å². The van der Waals surface area contributed by atoms with Crippen LogP contribution in [0.5, 0.6) is 11.5 Å². The quantitative estimate of drug-likeness (QED) is 0.813. The molecule has 8 heteroatoms. The molecule has 0 aliphatic heterocycles. The zero-order chi connectivity index (χ0) is 17.7. The number of nitrogens with one attached hydrogen (secondary N) is 2. The van der Waals surface area contributed by atoms with E-state index in [1.54, 1.807) is 24.3 Å². The number of rotatable bonds is 4. The number of amides is 2. The van der Waals surface area contributed by atoms with Crippen molar-refractivity contribution >= 4 is 35.0 Å². The van der Waals surface area contributed by atoms with Crippen molar-refractivity contribution < 1.29 is 19.1 Å². The Morgan fingerprint density at radius 1 is 0.792 bits per heavy atom. The van der Waals surface area contributed by atoms with Crippen LogP contribution in [0.2, 0.25) is 10.0 Å². The van der Waals surface area contributed by atoms with Crippen LogP contribution in [0.4, 0.5) is 0 Å². The Kier molecular flexibility index (Phi) is 5.89. The lowest BCUT2D eigenvalue weighted by molar-refractivity contribution is 0.0843. The van der Waals surface area contributed by atoms with Gasteiger partial charge in [-0.15, -0.1) is 0 Å². The molecule has 0 aliphatic carbocycles. The molecule has 2 amide bonds. The van der Waals surface area contributed by atoms with Gasteiger partial charge in [0.15, 0.2) is 0 Å². The Morgan fingerprint density at radius 2 is 1.21 bits per heavy atom. The molecular weight excluding hydrogens is 355 g/mol. The normalized spacial score (nSPS) is 10.0. The Hall–Kier alpha value is -2.44. The maximum atomic E-state index is 12.4. The number of hydrogen-bond acceptors (Lipinski definition) is 4. The van der Waals surface area contributed by atoms with Crippen molar-refractivity contribution in [2.75, 3.05) is 14.2 Å². The third kappa shape index (κ3) is 3.72. The van der Waals surface area contributed by atoms with Crippen molar-refractivity contribution in [3.05, 3.63) is 57.6 Å². The first-order valence-electron chi connectivity index (χ1n) is 6.75. The van der Waals surface area contributed by atoms with Crippen molar-refractivity contribution in [1.29, 1.82) is 0 Å². The van der Waals surface area contributed by atoms with Crippen LogP contribution in [0.3, 0.4) is 0 Å². The number of carbonyl (C=O) groups is 2. The minimum absolute atomic E-state index is 0.0631. The second-order valence-corrected chi connectivity index (χ2v) is 5.36. The average Bonchev–Trinajstić information content (AvgIpc) is 2.58. The molecule has 2 rings (SSSR count). The molecular formula is C16H14Cl2N2O4. The molecule has 126 valence electrons. The molecule has 0 fully saturated rings. The van der Waals surface area contributed by atoms with Gasteiger partial charge in [-0.2, -0.15) is 0 Å². The molecule has 0 aliphatic rings. The van der Waals surface area contributed by atoms with E-state index in [-0.39, 0.29) is 21.2 Å². The molecule has 6 nitrogen and oxygen atoms in total. The summed E-state index contributed by atoms with van der Waals surface area (Å²) >= 11 is 11.9. The zero-order valence-corrected chi connectivity index (χ0v) is 14.4. The first kappa shape index (κ1) is 17.9. The molecule has 0 bridgehead atoms. The lowest BCUT2D eigenvalue weighted by Crippen LogP contribution is -2.42. The van der Waals surface area contributed by atoms with E-state index >= 15 is 0 Å². The summed E-state index contributed by atoms with van der Waals surface area (Å²) in [5.74, 6) is -0.651. The summed E-state index contributed by atoms with van der Waals surface area (Å²) in [4.78, 5) is 24.5. The van der Waals surface area contributed by atoms with E-state index in [1.807, 2.05) is 0 Å². The maximum Gasteiger partial charge on any atom is 0.277 e. The van der Waals surface area contributed by atoms with Crippen LogP contribution in [0.1, 0.15) is 20.7 Å². The first-order chi connectivity index (χ1) is 11.5. The molecule has 0 atom stereocenters. The molecule has 2 aromatic rings. The fourth-order valence-electron chi connectivity index (χ4n) is 2.03. The predicted octanol–water partition coefficient (Wildman–Crippen LogP) is 3.09. The van der Waals surface area contributed by atoms with Crippen molar-refractivity contribution in [1.82, 2.24) is 10.9 Å². The van der Waals surface area contributed by atoms with Gasteiger partial charge in [-0.3, -0.25) is 20.4 Å². The number of ether oxygens (including phenoxy) is 2. The van der Waals surface area contributed by atoms with Crippen LogP contribution in [-0.2, 0) is 0 Å². The summed E-state index contributed by atoms with van der Waals surface area (Å²) in [5.41, 5.74) is 4.76. The number of carbonyl (C=O) groups excluding carboxylic acids is 2. The largest absolute Gasteiger partial charge is 0.496 e. The average molecular weight is 369 g/mol. The van der Waals surface area contributed by atoms with E-state index in [0.717, 1.165) is 0 Å². The SMILES string of the molecule is COc1cccc(OC)c1C(=O)NNC(=O)c1c(Cl)cccc1Cl. The van der Waals surface area contributed by atoms with Gasteiger partial charge in [0, 0.05) is 0 Å². The van der Waals surface area contributed by atoms with Gasteiger partial charge in [0.1, 0.15) is 17.1 Å². The third-order valence-electron chi connectivity index (χ3n) is 3.13. The minimum Gasteiger partial charge on any atom is -0.496 e. The summed E-state index contributed by atoms with van der Waals surface area (Å²) in [6.45, 7) is 0. The van der Waals surface area contributed by atoms with Gasteiger partial charge in [0.2, 0.25) is 0 Å². The second kappa shape index (κ2) is 7.90. The molecule has 0 radical (unpaired) electrons. The number of hydrogen-bond donors (Lipinski definition) is 2. The summed E-state index contributed by atoms with van der Waals surface area (Å²) in [5, 5.41) is 0.341. The van der Waals surface area contributed by atoms with Crippen molar-refractivity contribution in [3.8, 4) is 11.5 Å². The highest BCUT2D eigenvalue weighted by Gasteiger charge is 2.20. The van der Waals surface area contributed by atoms with Gasteiger partial charge in [-0.1, -0.05) is 35.3 Å². The fraction of sp³-hybridized carbons (Fsp3) is 0.125. The van der Waals surface area contributed by atoms with E-state index in [1.165, 1.54) is 26.4 Å². The van der Waals surface area contributed by atoms with E-state index in [0.29, 0.717) is 11.5 Å². The molecule has 0 heterocycles. The zero-order valence-electron chi connectivity index (χ0n) is 12.9. The van der Waals surface area contributed by atoms with Gasteiger partial charge in [0.05, 0.1) is 29.8 Å². The van der Waals surface area contributed by atoms with Crippen LogP contribution in [0.25, 0.3) is 0 Å². The predicted molar refractivity (Wildman–Crippen MR) is 90.9 cm³/mol. The van der Waals surface area contributed by atoms with Crippen molar-refractivity contribution in [2.24, 2.45) is 0 Å². The highest BCUT2D eigenvalue weighted by Crippen LogP contribution is 2.28. The van der Waals surface area contributed by atoms with Crippen LogP contribution in [0.15, 0.2) is 36.4 Å². The topological polar surface area (TPSA) is 76.7 Å². The smallest absolute Gasteiger partial charge is 0.277 e. The van der Waals surface area contributed by atoms with Crippen molar-refractivity contribution in [2.45, 2.75) is 0 Å². The summed E-state index contributed by atoms with van der Waals surface area (Å²) in [6, 6.07) is 9.53. The van der Waals surface area contributed by atoms with E-state index in [2.05, 4.69) is 10.9 Å². The highest BCUT2D eigenvalue weighted by molar-refractivity contribution is 6.39. The van der Waals surface area contributed by atoms with Gasteiger partial charge in [-0.25, -0.2) is 0 Å². The molecule has 0 saturated heterocycles. The van der Waals surface area contributed by atoms with E-state index < -0.39 is 11.8 Å². The summed E-state index contributed by atoms with van der Waals surface area (Å²) in [7, 11) is 2.85. The van der Waals surface area contributed by atoms with E-state index in [4.69, 9.17) is 32.7 Å². The number of benzene rings is 2. The Labute approximate surface area is 148 Å². The van der Waals surface area contributed by atoms with Crippen LogP contribution >= 0.6 is 23.2 Å². The molecule has 0 aromatic heterocycles. The highest BCUT2D eigenvalue weighted by atomic mass is 35.5. The molecule has 24 heavy (non-hydrogen) atoms. The summed E-state index contributed by atoms with van der Waals surface area (Å²) < 4.78 is 10.3. The Morgan fingerprint density at radius 3 is 1.67 bits per heavy atom.